The molecule has 1 fully saturated rings. The molecule has 6 heteroatoms. The Balaban J connectivity index is 1.61. The predicted octanol–water partition coefficient (Wildman–Crippen LogP) is 3.27. The fourth-order valence-electron chi connectivity index (χ4n) is 2.70. The van der Waals surface area contributed by atoms with Gasteiger partial charge < -0.3 is 19.8 Å². The number of rotatable bonds is 4. The zero-order chi connectivity index (χ0) is 17.1. The molecule has 1 aromatic heterocycles. The lowest BCUT2D eigenvalue weighted by molar-refractivity contribution is -0.124. The Morgan fingerprint density at radius 2 is 1.75 bits per heavy atom. The number of nitrogens with one attached hydrogen (secondary N) is 2. The first-order chi connectivity index (χ1) is 11.5. The highest BCUT2D eigenvalue weighted by molar-refractivity contribution is 6.05. The van der Waals surface area contributed by atoms with Crippen molar-refractivity contribution in [3.05, 3.63) is 47.4 Å². The molecule has 2 aromatic rings. The van der Waals surface area contributed by atoms with Gasteiger partial charge in [-0.15, -0.1) is 0 Å². The molecule has 1 saturated heterocycles. The molecule has 6 nitrogen and oxygen atoms in total. The maximum absolute atomic E-state index is 12.2. The van der Waals surface area contributed by atoms with Crippen molar-refractivity contribution in [2.45, 2.75) is 32.8 Å². The highest BCUT2D eigenvalue weighted by Gasteiger charge is 2.23. The summed E-state index contributed by atoms with van der Waals surface area (Å²) in [7, 11) is 0. The highest BCUT2D eigenvalue weighted by atomic mass is 16.5. The van der Waals surface area contributed by atoms with Crippen LogP contribution >= 0.6 is 0 Å². The maximum atomic E-state index is 12.2. The van der Waals surface area contributed by atoms with Crippen molar-refractivity contribution in [3.8, 4) is 0 Å². The van der Waals surface area contributed by atoms with Crippen molar-refractivity contribution in [1.82, 2.24) is 0 Å². The van der Waals surface area contributed by atoms with E-state index in [9.17, 15) is 9.59 Å². The van der Waals surface area contributed by atoms with E-state index in [4.69, 9.17) is 9.15 Å². The Labute approximate surface area is 140 Å². The molecular weight excluding hydrogens is 308 g/mol. The Bertz CT molecular complexity index is 743. The van der Waals surface area contributed by atoms with E-state index in [2.05, 4.69) is 10.6 Å². The van der Waals surface area contributed by atoms with Gasteiger partial charge in [0.1, 0.15) is 17.6 Å². The summed E-state index contributed by atoms with van der Waals surface area (Å²) in [6.45, 7) is 4.19. The molecule has 0 unspecified atom stereocenters. The molecule has 1 aliphatic heterocycles. The molecule has 126 valence electrons. The molecule has 0 bridgehead atoms. The number of hydrogen-bond donors (Lipinski definition) is 2. The van der Waals surface area contributed by atoms with E-state index < -0.39 is 0 Å². The molecule has 0 saturated carbocycles. The summed E-state index contributed by atoms with van der Waals surface area (Å²) < 4.78 is 10.7. The number of hydrogen-bond acceptors (Lipinski definition) is 4. The average molecular weight is 328 g/mol. The Morgan fingerprint density at radius 3 is 2.29 bits per heavy atom. The summed E-state index contributed by atoms with van der Waals surface area (Å²) in [6.07, 6.45) is 1.30. The van der Waals surface area contributed by atoms with Gasteiger partial charge in [-0.1, -0.05) is 0 Å². The second kappa shape index (κ2) is 6.88. The van der Waals surface area contributed by atoms with Gasteiger partial charge in [0, 0.05) is 18.0 Å². The van der Waals surface area contributed by atoms with E-state index in [1.807, 2.05) is 0 Å². The number of amides is 2. The van der Waals surface area contributed by atoms with Crippen molar-refractivity contribution in [1.29, 1.82) is 0 Å². The number of anilines is 2. The monoisotopic (exact) mass is 328 g/mol. The van der Waals surface area contributed by atoms with Gasteiger partial charge >= 0.3 is 0 Å². The maximum Gasteiger partial charge on any atom is 0.259 e. The number of benzene rings is 1. The summed E-state index contributed by atoms with van der Waals surface area (Å²) in [6, 6.07) is 8.68. The normalized spacial score (nSPS) is 16.8. The van der Waals surface area contributed by atoms with Crippen LogP contribution in [0, 0.1) is 13.8 Å². The number of furan rings is 1. The third-order valence-electron chi connectivity index (χ3n) is 3.92. The van der Waals surface area contributed by atoms with Crippen LogP contribution < -0.4 is 10.6 Å². The fraction of sp³-hybridized carbons (Fsp3) is 0.333. The van der Waals surface area contributed by atoms with E-state index in [1.165, 1.54) is 0 Å². The standard InChI is InChI=1S/C18H20N2O4/c1-11-10-15(12(2)24-11)17(21)19-13-5-7-14(8-6-13)20-18(22)16-4-3-9-23-16/h5-8,10,16H,3-4,9H2,1-2H3,(H,19,21)(H,20,22)/t16-/m1/s1. The summed E-state index contributed by atoms with van der Waals surface area (Å²) in [5, 5.41) is 5.63. The molecule has 1 aromatic carbocycles. The molecule has 1 atom stereocenters. The smallest absolute Gasteiger partial charge is 0.259 e. The number of ether oxygens (including phenoxy) is 1. The SMILES string of the molecule is Cc1cc(C(=O)Nc2ccc(NC(=O)[C@H]3CCCO3)cc2)c(C)o1. The highest BCUT2D eigenvalue weighted by Crippen LogP contribution is 2.19. The first kappa shape index (κ1) is 16.3. The van der Waals surface area contributed by atoms with Gasteiger partial charge in [0.25, 0.3) is 11.8 Å². The molecule has 0 spiro atoms. The number of carbonyl (C=O) groups is 2. The minimum Gasteiger partial charge on any atom is -0.466 e. The molecule has 24 heavy (non-hydrogen) atoms. The van der Waals surface area contributed by atoms with Crippen LogP contribution in [0.1, 0.15) is 34.7 Å². The van der Waals surface area contributed by atoms with Crippen molar-refractivity contribution in [3.63, 3.8) is 0 Å². The second-order valence-electron chi connectivity index (χ2n) is 5.85. The predicted molar refractivity (Wildman–Crippen MR) is 90.2 cm³/mol. The third kappa shape index (κ3) is 3.65. The summed E-state index contributed by atoms with van der Waals surface area (Å²) in [4.78, 5) is 24.2. The number of carbonyl (C=O) groups excluding carboxylic acids is 2. The molecule has 3 rings (SSSR count). The molecule has 2 N–H and O–H groups in total. The Hall–Kier alpha value is -2.60. The fourth-order valence-corrected chi connectivity index (χ4v) is 2.70. The van der Waals surface area contributed by atoms with Gasteiger partial charge in [-0.25, -0.2) is 0 Å². The van der Waals surface area contributed by atoms with Crippen LogP contribution in [-0.4, -0.2) is 24.5 Å². The first-order valence-electron chi connectivity index (χ1n) is 7.94. The van der Waals surface area contributed by atoms with Crippen LogP contribution in [0.2, 0.25) is 0 Å². The van der Waals surface area contributed by atoms with Gasteiger partial charge in [0.05, 0.1) is 5.56 Å². The molecule has 0 radical (unpaired) electrons. The van der Waals surface area contributed by atoms with E-state index in [0.29, 0.717) is 35.1 Å². The van der Waals surface area contributed by atoms with E-state index in [1.54, 1.807) is 44.2 Å². The van der Waals surface area contributed by atoms with Gasteiger partial charge in [-0.2, -0.15) is 0 Å². The van der Waals surface area contributed by atoms with Gasteiger partial charge in [0.2, 0.25) is 0 Å². The van der Waals surface area contributed by atoms with Crippen LogP contribution in [0.3, 0.4) is 0 Å². The van der Waals surface area contributed by atoms with Crippen molar-refractivity contribution < 1.29 is 18.7 Å². The molecule has 0 aliphatic carbocycles. The Morgan fingerprint density at radius 1 is 1.08 bits per heavy atom. The summed E-state index contributed by atoms with van der Waals surface area (Å²) in [5.41, 5.74) is 1.83. The minimum absolute atomic E-state index is 0.131. The zero-order valence-electron chi connectivity index (χ0n) is 13.7. The number of aryl methyl sites for hydroxylation is 2. The lowest BCUT2D eigenvalue weighted by atomic mass is 10.2. The van der Waals surface area contributed by atoms with Crippen LogP contribution in [0.4, 0.5) is 11.4 Å². The topological polar surface area (TPSA) is 80.6 Å². The van der Waals surface area contributed by atoms with Crippen LogP contribution in [0.15, 0.2) is 34.7 Å². The summed E-state index contributed by atoms with van der Waals surface area (Å²) >= 11 is 0. The quantitative estimate of drug-likeness (QED) is 0.902. The van der Waals surface area contributed by atoms with Crippen molar-refractivity contribution >= 4 is 23.2 Å². The van der Waals surface area contributed by atoms with Crippen LogP contribution in [0.25, 0.3) is 0 Å². The van der Waals surface area contributed by atoms with E-state index in [-0.39, 0.29) is 17.9 Å². The van der Waals surface area contributed by atoms with Gasteiger partial charge in [-0.3, -0.25) is 9.59 Å². The lowest BCUT2D eigenvalue weighted by Gasteiger charge is -2.11. The molecule has 2 amide bonds. The van der Waals surface area contributed by atoms with Crippen LogP contribution in [-0.2, 0) is 9.53 Å². The van der Waals surface area contributed by atoms with E-state index >= 15 is 0 Å². The van der Waals surface area contributed by atoms with Gasteiger partial charge in [-0.05, 0) is 57.0 Å². The minimum atomic E-state index is -0.364. The largest absolute Gasteiger partial charge is 0.466 e. The van der Waals surface area contributed by atoms with Crippen LogP contribution in [0.5, 0.6) is 0 Å². The van der Waals surface area contributed by atoms with Gasteiger partial charge in [0.15, 0.2) is 0 Å². The Kier molecular flexibility index (Phi) is 4.66. The molecular formula is C18H20N2O4. The average Bonchev–Trinajstić information content (AvgIpc) is 3.19. The van der Waals surface area contributed by atoms with E-state index in [0.717, 1.165) is 12.8 Å². The van der Waals surface area contributed by atoms with Crippen molar-refractivity contribution in [2.75, 3.05) is 17.2 Å². The summed E-state index contributed by atoms with van der Waals surface area (Å²) in [5.74, 6) is 0.935. The zero-order valence-corrected chi connectivity index (χ0v) is 13.7. The first-order valence-corrected chi connectivity index (χ1v) is 7.94. The lowest BCUT2D eigenvalue weighted by Crippen LogP contribution is -2.26. The third-order valence-corrected chi connectivity index (χ3v) is 3.92. The van der Waals surface area contributed by atoms with Crippen molar-refractivity contribution in [2.24, 2.45) is 0 Å². The second-order valence-corrected chi connectivity index (χ2v) is 5.85. The molecule has 2 heterocycles. The molecule has 1 aliphatic rings.